The molecule has 1 amide bonds. The van der Waals surface area contributed by atoms with Gasteiger partial charge >= 0.3 is 5.97 Å². The summed E-state index contributed by atoms with van der Waals surface area (Å²) < 4.78 is 7.18. The van der Waals surface area contributed by atoms with Gasteiger partial charge in [-0.2, -0.15) is 5.10 Å². The molecule has 1 unspecified atom stereocenters. The van der Waals surface area contributed by atoms with E-state index in [1.807, 2.05) is 41.1 Å². The molecule has 1 aliphatic rings. The van der Waals surface area contributed by atoms with Gasteiger partial charge < -0.3 is 14.7 Å². The molecule has 2 aromatic carbocycles. The van der Waals surface area contributed by atoms with Crippen molar-refractivity contribution in [1.29, 1.82) is 0 Å². The number of halogens is 1. The third-order valence-corrected chi connectivity index (χ3v) is 5.96. The van der Waals surface area contributed by atoms with Crippen LogP contribution in [0, 0.1) is 0 Å². The zero-order chi connectivity index (χ0) is 23.4. The van der Waals surface area contributed by atoms with Crippen LogP contribution in [0.15, 0.2) is 54.6 Å². The number of benzene rings is 2. The molecule has 33 heavy (non-hydrogen) atoms. The molecule has 3 aromatic rings. The maximum absolute atomic E-state index is 13.5. The number of carboxylic acids is 1. The van der Waals surface area contributed by atoms with Crippen LogP contribution in [0.2, 0.25) is 5.02 Å². The Bertz CT molecular complexity index is 1140. The van der Waals surface area contributed by atoms with E-state index in [0.717, 1.165) is 36.9 Å². The number of carboxylic acid groups (broad SMARTS) is 1. The van der Waals surface area contributed by atoms with Crippen molar-refractivity contribution in [3.8, 4) is 17.0 Å². The molecule has 1 N–H and O–H groups in total. The molecule has 0 bridgehead atoms. The standard InChI is InChI=1S/C25H26ClN3O4/c1-2-3-4-6-20-15-28(19-7-5-8-21(13-19)33-16-24(30)31)25(32)23-14-22(27-29(20)23)17-9-11-18(26)12-10-17/h5,7-14,20H,2-4,6,15-16H2,1H3,(H,30,31). The van der Waals surface area contributed by atoms with Gasteiger partial charge in [0.2, 0.25) is 0 Å². The number of nitrogens with zero attached hydrogens (tertiary/aromatic N) is 3. The molecule has 0 aliphatic carbocycles. The van der Waals surface area contributed by atoms with Crippen LogP contribution in [-0.2, 0) is 4.79 Å². The lowest BCUT2D eigenvalue weighted by atomic mass is 10.0. The van der Waals surface area contributed by atoms with Gasteiger partial charge in [0, 0.05) is 28.9 Å². The molecule has 172 valence electrons. The summed E-state index contributed by atoms with van der Waals surface area (Å²) >= 11 is 6.03. The highest BCUT2D eigenvalue weighted by atomic mass is 35.5. The molecule has 1 aliphatic heterocycles. The third kappa shape index (κ3) is 5.20. The highest BCUT2D eigenvalue weighted by molar-refractivity contribution is 6.30. The van der Waals surface area contributed by atoms with Gasteiger partial charge in [-0.15, -0.1) is 0 Å². The van der Waals surface area contributed by atoms with E-state index in [0.29, 0.717) is 28.7 Å². The second-order valence-electron chi connectivity index (χ2n) is 8.11. The Hall–Kier alpha value is -3.32. The fourth-order valence-corrected chi connectivity index (χ4v) is 4.18. The normalized spacial score (nSPS) is 15.4. The van der Waals surface area contributed by atoms with Crippen LogP contribution in [-0.4, -0.2) is 39.9 Å². The van der Waals surface area contributed by atoms with E-state index in [4.69, 9.17) is 26.5 Å². The number of ether oxygens (including phenoxy) is 1. The Morgan fingerprint density at radius 3 is 2.70 bits per heavy atom. The fourth-order valence-electron chi connectivity index (χ4n) is 4.06. The van der Waals surface area contributed by atoms with Crippen LogP contribution in [0.25, 0.3) is 11.3 Å². The zero-order valence-electron chi connectivity index (χ0n) is 18.4. The van der Waals surface area contributed by atoms with Crippen molar-refractivity contribution in [3.05, 3.63) is 65.3 Å². The number of fused-ring (bicyclic) bond motifs is 1. The first kappa shape index (κ1) is 22.9. The molecule has 0 saturated heterocycles. The van der Waals surface area contributed by atoms with Gasteiger partial charge in [0.1, 0.15) is 11.4 Å². The zero-order valence-corrected chi connectivity index (χ0v) is 19.2. The quantitative estimate of drug-likeness (QED) is 0.423. The van der Waals surface area contributed by atoms with Crippen molar-refractivity contribution in [2.24, 2.45) is 0 Å². The number of aromatic nitrogens is 2. The lowest BCUT2D eigenvalue weighted by molar-refractivity contribution is -0.139. The molecule has 0 spiro atoms. The summed E-state index contributed by atoms with van der Waals surface area (Å²) in [5.74, 6) is -0.792. The highest BCUT2D eigenvalue weighted by Crippen LogP contribution is 2.33. The monoisotopic (exact) mass is 467 g/mol. The van der Waals surface area contributed by atoms with E-state index in [-0.39, 0.29) is 11.9 Å². The van der Waals surface area contributed by atoms with Crippen molar-refractivity contribution in [2.75, 3.05) is 18.1 Å². The molecule has 0 radical (unpaired) electrons. The van der Waals surface area contributed by atoms with Crippen LogP contribution in [0.3, 0.4) is 0 Å². The summed E-state index contributed by atoms with van der Waals surface area (Å²) in [5, 5.41) is 14.3. The maximum atomic E-state index is 13.5. The van der Waals surface area contributed by atoms with E-state index < -0.39 is 12.6 Å². The van der Waals surface area contributed by atoms with Crippen molar-refractivity contribution in [3.63, 3.8) is 0 Å². The maximum Gasteiger partial charge on any atom is 0.341 e. The largest absolute Gasteiger partial charge is 0.482 e. The number of carbonyl (C=O) groups is 2. The molecule has 8 heteroatoms. The second-order valence-corrected chi connectivity index (χ2v) is 8.55. The van der Waals surface area contributed by atoms with Gasteiger partial charge in [-0.3, -0.25) is 9.48 Å². The number of unbranched alkanes of at least 4 members (excludes halogenated alkanes) is 2. The Kier molecular flexibility index (Phi) is 6.99. The molecule has 4 rings (SSSR count). The molecule has 7 nitrogen and oxygen atoms in total. The summed E-state index contributed by atoms with van der Waals surface area (Å²) in [6, 6.07) is 16.3. The van der Waals surface area contributed by atoms with Gasteiger partial charge in [0.15, 0.2) is 6.61 Å². The minimum absolute atomic E-state index is 0.0360. The average molecular weight is 468 g/mol. The molecule has 1 atom stereocenters. The van der Waals surface area contributed by atoms with Crippen molar-refractivity contribution in [2.45, 2.75) is 38.6 Å². The van der Waals surface area contributed by atoms with Crippen LogP contribution >= 0.6 is 11.6 Å². The Morgan fingerprint density at radius 2 is 1.97 bits per heavy atom. The van der Waals surface area contributed by atoms with Crippen LogP contribution in [0.1, 0.15) is 49.1 Å². The summed E-state index contributed by atoms with van der Waals surface area (Å²) in [7, 11) is 0. The summed E-state index contributed by atoms with van der Waals surface area (Å²) in [5.41, 5.74) is 2.83. The van der Waals surface area contributed by atoms with Gasteiger partial charge in [0.05, 0.1) is 11.7 Å². The fraction of sp³-hybridized carbons (Fsp3) is 0.320. The van der Waals surface area contributed by atoms with Crippen LogP contribution in [0.4, 0.5) is 5.69 Å². The van der Waals surface area contributed by atoms with Gasteiger partial charge in [-0.05, 0) is 36.8 Å². The van der Waals surface area contributed by atoms with Gasteiger partial charge in [-0.25, -0.2) is 4.79 Å². The molecule has 2 heterocycles. The van der Waals surface area contributed by atoms with Crippen LogP contribution in [0.5, 0.6) is 5.75 Å². The van der Waals surface area contributed by atoms with E-state index in [1.54, 1.807) is 23.1 Å². The number of hydrogen-bond donors (Lipinski definition) is 1. The first-order valence-electron chi connectivity index (χ1n) is 11.1. The SMILES string of the molecule is CCCCCC1CN(c2cccc(OCC(=O)O)c2)C(=O)c2cc(-c3ccc(Cl)cc3)nn21. The van der Waals surface area contributed by atoms with Gasteiger partial charge in [0.25, 0.3) is 5.91 Å². The smallest absolute Gasteiger partial charge is 0.341 e. The summed E-state index contributed by atoms with van der Waals surface area (Å²) in [6.07, 6.45) is 4.17. The topological polar surface area (TPSA) is 84.7 Å². The Balaban J connectivity index is 1.67. The number of hydrogen-bond acceptors (Lipinski definition) is 4. The molecule has 0 saturated carbocycles. The Labute approximate surface area is 197 Å². The van der Waals surface area contributed by atoms with Crippen molar-refractivity contribution in [1.82, 2.24) is 9.78 Å². The predicted molar refractivity (Wildman–Crippen MR) is 127 cm³/mol. The number of anilines is 1. The highest BCUT2D eigenvalue weighted by Gasteiger charge is 2.34. The number of rotatable bonds is 9. The van der Waals surface area contributed by atoms with E-state index in [9.17, 15) is 9.59 Å². The minimum Gasteiger partial charge on any atom is -0.482 e. The molecule has 0 fully saturated rings. The molecule has 1 aromatic heterocycles. The first-order chi connectivity index (χ1) is 16.0. The Morgan fingerprint density at radius 1 is 1.18 bits per heavy atom. The predicted octanol–water partition coefficient (Wildman–Crippen LogP) is 5.45. The third-order valence-electron chi connectivity index (χ3n) is 5.71. The lowest BCUT2D eigenvalue weighted by Gasteiger charge is -2.33. The number of amides is 1. The lowest BCUT2D eigenvalue weighted by Crippen LogP contribution is -2.43. The number of aliphatic carboxylic acids is 1. The van der Waals surface area contributed by atoms with Gasteiger partial charge in [-0.1, -0.05) is 56.0 Å². The average Bonchev–Trinajstić information content (AvgIpc) is 3.26. The van der Waals surface area contributed by atoms with Crippen LogP contribution < -0.4 is 9.64 Å². The van der Waals surface area contributed by atoms with Crippen molar-refractivity contribution < 1.29 is 19.4 Å². The van der Waals surface area contributed by atoms with E-state index >= 15 is 0 Å². The minimum atomic E-state index is -1.05. The summed E-state index contributed by atoms with van der Waals surface area (Å²) in [6.45, 7) is 2.21. The summed E-state index contributed by atoms with van der Waals surface area (Å²) in [4.78, 5) is 26.1. The molecular weight excluding hydrogens is 442 g/mol. The second kappa shape index (κ2) is 10.1. The first-order valence-corrected chi connectivity index (χ1v) is 11.5. The van der Waals surface area contributed by atoms with Crippen molar-refractivity contribution >= 4 is 29.2 Å². The molecular formula is C25H26ClN3O4. The van der Waals surface area contributed by atoms with E-state index in [1.165, 1.54) is 0 Å². The van der Waals surface area contributed by atoms with E-state index in [2.05, 4.69) is 6.92 Å². The number of carbonyl (C=O) groups excluding carboxylic acids is 1.